The van der Waals surface area contributed by atoms with Crippen LogP contribution in [-0.4, -0.2) is 50.3 Å². The van der Waals surface area contributed by atoms with E-state index in [4.69, 9.17) is 4.74 Å². The normalized spacial score (nSPS) is 22.9. The molecule has 0 radical (unpaired) electrons. The zero-order valence-electron chi connectivity index (χ0n) is 11.2. The minimum absolute atomic E-state index is 0.690. The van der Waals surface area contributed by atoms with E-state index in [1.165, 1.54) is 38.8 Å². The Kier molecular flexibility index (Phi) is 7.01. The molecular weight excluding hydrogens is 200 g/mol. The van der Waals surface area contributed by atoms with E-state index < -0.39 is 0 Å². The van der Waals surface area contributed by atoms with Crippen LogP contribution in [-0.2, 0) is 4.74 Å². The Labute approximate surface area is 101 Å². The van der Waals surface area contributed by atoms with Crippen molar-refractivity contribution in [2.75, 3.05) is 33.4 Å². The molecule has 1 aliphatic rings. The number of nitrogens with one attached hydrogen (secondary N) is 1. The molecule has 1 N–H and O–H groups in total. The first kappa shape index (κ1) is 13.9. The highest BCUT2D eigenvalue weighted by molar-refractivity contribution is 4.80. The van der Waals surface area contributed by atoms with Gasteiger partial charge in [0.05, 0.1) is 6.61 Å². The van der Waals surface area contributed by atoms with E-state index in [0.717, 1.165) is 13.2 Å². The summed E-state index contributed by atoms with van der Waals surface area (Å²) in [6, 6.07) is 1.39. The zero-order valence-corrected chi connectivity index (χ0v) is 11.2. The smallest absolute Gasteiger partial charge is 0.0589 e. The molecule has 1 atom stereocenters. The Bertz CT molecular complexity index is 171. The van der Waals surface area contributed by atoms with Gasteiger partial charge in [-0.15, -0.1) is 0 Å². The molecule has 0 bridgehead atoms. The maximum atomic E-state index is 5.14. The van der Waals surface area contributed by atoms with Gasteiger partial charge in [-0.2, -0.15) is 0 Å². The van der Waals surface area contributed by atoms with Crippen LogP contribution in [0.3, 0.4) is 0 Å². The van der Waals surface area contributed by atoms with Crippen molar-refractivity contribution in [3.8, 4) is 0 Å². The van der Waals surface area contributed by atoms with E-state index in [2.05, 4.69) is 24.1 Å². The number of hydrogen-bond acceptors (Lipinski definition) is 3. The van der Waals surface area contributed by atoms with Crippen molar-refractivity contribution in [3.63, 3.8) is 0 Å². The average Bonchev–Trinajstić information content (AvgIpc) is 2.34. The Morgan fingerprint density at radius 2 is 2.12 bits per heavy atom. The lowest BCUT2D eigenvalue weighted by atomic mass is 10.0. The molecule has 16 heavy (non-hydrogen) atoms. The molecule has 3 nitrogen and oxygen atoms in total. The summed E-state index contributed by atoms with van der Waals surface area (Å²) in [5.41, 5.74) is 0. The highest BCUT2D eigenvalue weighted by Crippen LogP contribution is 2.11. The third-order valence-electron chi connectivity index (χ3n) is 3.57. The van der Waals surface area contributed by atoms with Crippen LogP contribution in [0.15, 0.2) is 0 Å². The SMILES string of the molecule is CCC(CC)NC1CCCN(CCOC)C1. The highest BCUT2D eigenvalue weighted by Gasteiger charge is 2.20. The molecular formula is C13H28N2O. The molecule has 0 saturated carbocycles. The third-order valence-corrected chi connectivity index (χ3v) is 3.57. The predicted molar refractivity (Wildman–Crippen MR) is 68.8 cm³/mol. The summed E-state index contributed by atoms with van der Waals surface area (Å²) in [4.78, 5) is 2.52. The van der Waals surface area contributed by atoms with Crippen molar-refractivity contribution < 1.29 is 4.74 Å². The van der Waals surface area contributed by atoms with Gasteiger partial charge in [0.2, 0.25) is 0 Å². The fraction of sp³-hybridized carbons (Fsp3) is 1.00. The molecule has 0 aliphatic carbocycles. The first-order valence-electron chi connectivity index (χ1n) is 6.77. The molecule has 1 fully saturated rings. The molecule has 96 valence electrons. The Balaban J connectivity index is 2.26. The van der Waals surface area contributed by atoms with Crippen LogP contribution in [0.1, 0.15) is 39.5 Å². The van der Waals surface area contributed by atoms with Crippen LogP contribution >= 0.6 is 0 Å². The van der Waals surface area contributed by atoms with E-state index in [0.29, 0.717) is 12.1 Å². The van der Waals surface area contributed by atoms with Crippen LogP contribution in [0, 0.1) is 0 Å². The number of methoxy groups -OCH3 is 1. The molecule has 1 saturated heterocycles. The van der Waals surface area contributed by atoms with Gasteiger partial charge in [-0.25, -0.2) is 0 Å². The summed E-state index contributed by atoms with van der Waals surface area (Å²) in [7, 11) is 1.78. The first-order chi connectivity index (χ1) is 7.80. The van der Waals surface area contributed by atoms with E-state index in [-0.39, 0.29) is 0 Å². The Hall–Kier alpha value is -0.120. The van der Waals surface area contributed by atoms with Gasteiger partial charge >= 0.3 is 0 Å². The fourth-order valence-electron chi connectivity index (χ4n) is 2.47. The molecule has 1 unspecified atom stereocenters. The summed E-state index contributed by atoms with van der Waals surface area (Å²) in [5, 5.41) is 3.78. The number of ether oxygens (including phenoxy) is 1. The second kappa shape index (κ2) is 8.04. The van der Waals surface area contributed by atoms with Gasteiger partial charge in [0.1, 0.15) is 0 Å². The van der Waals surface area contributed by atoms with E-state index in [9.17, 15) is 0 Å². The lowest BCUT2D eigenvalue weighted by Gasteiger charge is -2.35. The van der Waals surface area contributed by atoms with E-state index in [1.54, 1.807) is 7.11 Å². The van der Waals surface area contributed by atoms with Crippen molar-refractivity contribution in [1.82, 2.24) is 10.2 Å². The molecule has 0 aromatic heterocycles. The van der Waals surface area contributed by atoms with Gasteiger partial charge in [0.15, 0.2) is 0 Å². The van der Waals surface area contributed by atoms with Crippen LogP contribution in [0.4, 0.5) is 0 Å². The number of piperidine rings is 1. The van der Waals surface area contributed by atoms with Crippen LogP contribution in [0.25, 0.3) is 0 Å². The molecule has 0 spiro atoms. The van der Waals surface area contributed by atoms with Crippen molar-refractivity contribution in [2.45, 2.75) is 51.6 Å². The highest BCUT2D eigenvalue weighted by atomic mass is 16.5. The quantitative estimate of drug-likeness (QED) is 0.720. The zero-order chi connectivity index (χ0) is 11.8. The number of likely N-dealkylation sites (tertiary alicyclic amines) is 1. The summed E-state index contributed by atoms with van der Waals surface area (Å²) >= 11 is 0. The van der Waals surface area contributed by atoms with Gasteiger partial charge in [-0.3, -0.25) is 4.90 Å². The van der Waals surface area contributed by atoms with Gasteiger partial charge in [0.25, 0.3) is 0 Å². The summed E-state index contributed by atoms with van der Waals surface area (Å²) < 4.78 is 5.14. The third kappa shape index (κ3) is 4.81. The van der Waals surface area contributed by atoms with Gasteiger partial charge < -0.3 is 10.1 Å². The predicted octanol–water partition coefficient (Wildman–Crippen LogP) is 1.88. The van der Waals surface area contributed by atoms with Crippen LogP contribution < -0.4 is 5.32 Å². The number of nitrogens with zero attached hydrogens (tertiary/aromatic N) is 1. The monoisotopic (exact) mass is 228 g/mol. The molecule has 0 aromatic rings. The maximum absolute atomic E-state index is 5.14. The van der Waals surface area contributed by atoms with Gasteiger partial charge in [-0.05, 0) is 32.2 Å². The Morgan fingerprint density at radius 1 is 1.38 bits per heavy atom. The van der Waals surface area contributed by atoms with Crippen molar-refractivity contribution in [1.29, 1.82) is 0 Å². The number of hydrogen-bond donors (Lipinski definition) is 1. The van der Waals surface area contributed by atoms with E-state index in [1.807, 2.05) is 0 Å². The minimum atomic E-state index is 0.690. The molecule has 3 heteroatoms. The standard InChI is InChI=1S/C13H28N2O/c1-4-12(5-2)14-13-7-6-8-15(11-13)9-10-16-3/h12-14H,4-11H2,1-3H3. The lowest BCUT2D eigenvalue weighted by Crippen LogP contribution is -2.49. The first-order valence-corrected chi connectivity index (χ1v) is 6.77. The van der Waals surface area contributed by atoms with Crippen molar-refractivity contribution in [3.05, 3.63) is 0 Å². The largest absolute Gasteiger partial charge is 0.383 e. The molecule has 1 aliphatic heterocycles. The number of rotatable bonds is 7. The minimum Gasteiger partial charge on any atom is -0.383 e. The molecule has 0 amide bonds. The lowest BCUT2D eigenvalue weighted by molar-refractivity contribution is 0.119. The van der Waals surface area contributed by atoms with Gasteiger partial charge in [-0.1, -0.05) is 13.8 Å². The molecule has 1 heterocycles. The topological polar surface area (TPSA) is 24.5 Å². The molecule has 0 aromatic carbocycles. The summed E-state index contributed by atoms with van der Waals surface area (Å²) in [6.07, 6.45) is 5.14. The van der Waals surface area contributed by atoms with Gasteiger partial charge in [0, 0.05) is 32.3 Å². The second-order valence-corrected chi connectivity index (χ2v) is 4.81. The van der Waals surface area contributed by atoms with Crippen LogP contribution in [0.2, 0.25) is 0 Å². The molecule has 1 rings (SSSR count). The van der Waals surface area contributed by atoms with E-state index >= 15 is 0 Å². The average molecular weight is 228 g/mol. The van der Waals surface area contributed by atoms with Crippen LogP contribution in [0.5, 0.6) is 0 Å². The maximum Gasteiger partial charge on any atom is 0.0589 e. The second-order valence-electron chi connectivity index (χ2n) is 4.81. The fourth-order valence-corrected chi connectivity index (χ4v) is 2.47. The van der Waals surface area contributed by atoms with Crippen molar-refractivity contribution in [2.24, 2.45) is 0 Å². The summed E-state index contributed by atoms with van der Waals surface area (Å²) in [6.45, 7) is 8.92. The summed E-state index contributed by atoms with van der Waals surface area (Å²) in [5.74, 6) is 0. The van der Waals surface area contributed by atoms with Crippen molar-refractivity contribution >= 4 is 0 Å². The Morgan fingerprint density at radius 3 is 2.75 bits per heavy atom.